The van der Waals surface area contributed by atoms with Gasteiger partial charge in [0.1, 0.15) is 5.92 Å². The molecule has 2 unspecified atom stereocenters. The third kappa shape index (κ3) is 3.37. The van der Waals surface area contributed by atoms with Crippen LogP contribution in [0.15, 0.2) is 0 Å². The van der Waals surface area contributed by atoms with Crippen molar-refractivity contribution < 1.29 is 14.3 Å². The van der Waals surface area contributed by atoms with Gasteiger partial charge in [-0.25, -0.2) is 0 Å². The predicted octanol–water partition coefficient (Wildman–Crippen LogP) is 1.00. The van der Waals surface area contributed by atoms with E-state index >= 15 is 0 Å². The Bertz CT molecular complexity index is 340. The van der Waals surface area contributed by atoms with Gasteiger partial charge in [-0.05, 0) is 13.8 Å². The topological polar surface area (TPSA) is 70.4 Å². The van der Waals surface area contributed by atoms with Gasteiger partial charge >= 0.3 is 5.97 Å². The molecule has 1 aliphatic heterocycles. The number of carbonyl (C=O) groups excluding carboxylic acids is 2. The van der Waals surface area contributed by atoms with E-state index in [9.17, 15) is 9.59 Å². The monoisotopic (exact) mass is 256 g/mol. The number of nitrogens with zero attached hydrogens (tertiary/aromatic N) is 2. The normalized spacial score (nSPS) is 21.1. The molecule has 0 spiro atoms. The van der Waals surface area contributed by atoms with Crippen molar-refractivity contribution in [2.45, 2.75) is 25.6 Å². The van der Waals surface area contributed by atoms with E-state index in [0.717, 1.165) is 0 Å². The molecule has 1 rings (SSSR count). The zero-order valence-electron chi connectivity index (χ0n) is 10.0. The third-order valence-corrected chi connectivity index (χ3v) is 3.82. The van der Waals surface area contributed by atoms with Crippen molar-refractivity contribution in [3.63, 3.8) is 0 Å². The summed E-state index contributed by atoms with van der Waals surface area (Å²) in [7, 11) is 0. The lowest BCUT2D eigenvalue weighted by Crippen LogP contribution is -2.35. The largest absolute Gasteiger partial charge is 0.465 e. The molecule has 6 heteroatoms. The van der Waals surface area contributed by atoms with E-state index in [0.29, 0.717) is 18.7 Å². The number of hydrogen-bond donors (Lipinski definition) is 0. The van der Waals surface area contributed by atoms with E-state index in [2.05, 4.69) is 0 Å². The number of esters is 1. The van der Waals surface area contributed by atoms with Crippen molar-refractivity contribution in [1.29, 1.82) is 5.26 Å². The summed E-state index contributed by atoms with van der Waals surface area (Å²) in [6.45, 7) is 4.48. The fourth-order valence-corrected chi connectivity index (χ4v) is 3.00. The standard InChI is InChI=1S/C11H16N2O3S/c1-3-13-9(14)7-17-10(13)5-8(6-12)11(15)16-4-2/h8,10H,3-5,7H2,1-2H3. The van der Waals surface area contributed by atoms with Crippen molar-refractivity contribution >= 4 is 23.6 Å². The summed E-state index contributed by atoms with van der Waals surface area (Å²) in [6, 6.07) is 1.95. The highest BCUT2D eigenvalue weighted by Gasteiger charge is 2.34. The van der Waals surface area contributed by atoms with Crippen LogP contribution in [0.3, 0.4) is 0 Å². The number of thioether (sulfide) groups is 1. The highest BCUT2D eigenvalue weighted by Crippen LogP contribution is 2.29. The molecule has 1 amide bonds. The fourth-order valence-electron chi connectivity index (χ4n) is 1.72. The van der Waals surface area contributed by atoms with Gasteiger partial charge in [0.2, 0.25) is 5.91 Å². The maximum Gasteiger partial charge on any atom is 0.323 e. The van der Waals surface area contributed by atoms with Gasteiger partial charge in [0.05, 0.1) is 23.8 Å². The van der Waals surface area contributed by atoms with Crippen LogP contribution in [0.4, 0.5) is 0 Å². The summed E-state index contributed by atoms with van der Waals surface area (Å²) in [5.41, 5.74) is 0. The van der Waals surface area contributed by atoms with Crippen LogP contribution in [0.2, 0.25) is 0 Å². The molecule has 1 aliphatic rings. The predicted molar refractivity (Wildman–Crippen MR) is 64.0 cm³/mol. The Labute approximate surface area is 105 Å². The highest BCUT2D eigenvalue weighted by molar-refractivity contribution is 8.00. The lowest BCUT2D eigenvalue weighted by atomic mass is 10.1. The van der Waals surface area contributed by atoms with Crippen molar-refractivity contribution in [2.24, 2.45) is 5.92 Å². The fraction of sp³-hybridized carbons (Fsp3) is 0.727. The van der Waals surface area contributed by atoms with Gasteiger partial charge in [-0.2, -0.15) is 5.26 Å². The minimum Gasteiger partial charge on any atom is -0.465 e. The molecule has 0 aromatic heterocycles. The SMILES string of the molecule is CCOC(=O)C(C#N)CC1SCC(=O)N1CC. The smallest absolute Gasteiger partial charge is 0.323 e. The van der Waals surface area contributed by atoms with Gasteiger partial charge in [-0.15, -0.1) is 11.8 Å². The lowest BCUT2D eigenvalue weighted by Gasteiger charge is -2.23. The molecular formula is C11H16N2O3S. The first-order valence-corrected chi connectivity index (χ1v) is 6.66. The molecule has 94 valence electrons. The maximum atomic E-state index is 11.5. The van der Waals surface area contributed by atoms with Crippen LogP contribution in [0.1, 0.15) is 20.3 Å². The summed E-state index contributed by atoms with van der Waals surface area (Å²) in [4.78, 5) is 24.7. The van der Waals surface area contributed by atoms with Crippen LogP contribution in [-0.2, 0) is 14.3 Å². The van der Waals surface area contributed by atoms with Crippen LogP contribution >= 0.6 is 11.8 Å². The molecule has 0 aromatic rings. The van der Waals surface area contributed by atoms with Gasteiger partial charge < -0.3 is 9.64 Å². The van der Waals surface area contributed by atoms with Crippen LogP contribution < -0.4 is 0 Å². The molecule has 2 atom stereocenters. The Hall–Kier alpha value is -1.22. The van der Waals surface area contributed by atoms with Gasteiger partial charge in [-0.3, -0.25) is 9.59 Å². The van der Waals surface area contributed by atoms with Crippen molar-refractivity contribution in [3.05, 3.63) is 0 Å². The molecule has 5 nitrogen and oxygen atoms in total. The molecule has 1 heterocycles. The van der Waals surface area contributed by atoms with Gasteiger partial charge in [-0.1, -0.05) is 0 Å². The molecule has 17 heavy (non-hydrogen) atoms. The second-order valence-electron chi connectivity index (χ2n) is 3.61. The van der Waals surface area contributed by atoms with E-state index in [1.165, 1.54) is 11.8 Å². The van der Waals surface area contributed by atoms with Crippen molar-refractivity contribution in [2.75, 3.05) is 18.9 Å². The molecule has 0 radical (unpaired) electrons. The molecule has 1 fully saturated rings. The van der Waals surface area contributed by atoms with E-state index in [-0.39, 0.29) is 17.9 Å². The number of hydrogen-bond acceptors (Lipinski definition) is 5. The van der Waals surface area contributed by atoms with E-state index in [4.69, 9.17) is 10.00 Å². The number of nitriles is 1. The molecule has 0 aliphatic carbocycles. The summed E-state index contributed by atoms with van der Waals surface area (Å²) in [5.74, 6) is -0.777. The Morgan fingerprint density at radius 3 is 2.94 bits per heavy atom. The Morgan fingerprint density at radius 1 is 1.71 bits per heavy atom. The minimum absolute atomic E-state index is 0.0723. The first-order chi connectivity index (χ1) is 8.13. The van der Waals surface area contributed by atoms with E-state index < -0.39 is 11.9 Å². The summed E-state index contributed by atoms with van der Waals surface area (Å²) in [6.07, 6.45) is 0.347. The minimum atomic E-state index is -0.785. The number of ether oxygens (including phenoxy) is 1. The first-order valence-electron chi connectivity index (χ1n) is 5.61. The Balaban J connectivity index is 2.60. The number of rotatable bonds is 5. The number of amides is 1. The molecule has 0 aromatic carbocycles. The first kappa shape index (κ1) is 13.8. The van der Waals surface area contributed by atoms with Gasteiger partial charge in [0, 0.05) is 13.0 Å². The molecule has 1 saturated heterocycles. The maximum absolute atomic E-state index is 11.5. The molecule has 0 saturated carbocycles. The summed E-state index contributed by atoms with van der Waals surface area (Å²) in [5, 5.41) is 8.86. The molecule has 0 N–H and O–H groups in total. The summed E-state index contributed by atoms with van der Waals surface area (Å²) < 4.78 is 4.83. The van der Waals surface area contributed by atoms with E-state index in [1.54, 1.807) is 11.8 Å². The van der Waals surface area contributed by atoms with Crippen molar-refractivity contribution in [3.8, 4) is 6.07 Å². The average molecular weight is 256 g/mol. The lowest BCUT2D eigenvalue weighted by molar-refractivity contribution is -0.146. The van der Waals surface area contributed by atoms with Crippen LogP contribution in [0, 0.1) is 17.2 Å². The quantitative estimate of drug-likeness (QED) is 0.686. The van der Waals surface area contributed by atoms with Crippen molar-refractivity contribution in [1.82, 2.24) is 4.90 Å². The zero-order chi connectivity index (χ0) is 12.8. The zero-order valence-corrected chi connectivity index (χ0v) is 10.8. The van der Waals surface area contributed by atoms with Crippen LogP contribution in [-0.4, -0.2) is 41.1 Å². The molecule has 0 bridgehead atoms. The molecular weight excluding hydrogens is 240 g/mol. The summed E-state index contributed by atoms with van der Waals surface area (Å²) >= 11 is 1.48. The third-order valence-electron chi connectivity index (χ3n) is 2.57. The van der Waals surface area contributed by atoms with Gasteiger partial charge in [0.25, 0.3) is 0 Å². The highest BCUT2D eigenvalue weighted by atomic mass is 32.2. The van der Waals surface area contributed by atoms with Gasteiger partial charge in [0.15, 0.2) is 0 Å². The Kier molecular flexibility index (Phi) is 5.29. The second-order valence-corrected chi connectivity index (χ2v) is 4.78. The second kappa shape index (κ2) is 6.50. The Morgan fingerprint density at radius 2 is 2.41 bits per heavy atom. The van der Waals surface area contributed by atoms with Crippen LogP contribution in [0.25, 0.3) is 0 Å². The van der Waals surface area contributed by atoms with Crippen LogP contribution in [0.5, 0.6) is 0 Å². The average Bonchev–Trinajstić information content (AvgIpc) is 2.66. The van der Waals surface area contributed by atoms with E-state index in [1.807, 2.05) is 13.0 Å². The number of carbonyl (C=O) groups is 2.